The molecule has 0 heterocycles. The van der Waals surface area contributed by atoms with Gasteiger partial charge in [-0.1, -0.05) is 418 Å². The molecule has 2 unspecified atom stereocenters. The molecule has 2 atom stereocenters. The van der Waals surface area contributed by atoms with Crippen LogP contribution >= 0.6 is 0 Å². The summed E-state index contributed by atoms with van der Waals surface area (Å²) >= 11 is 0. The van der Waals surface area contributed by atoms with Crippen LogP contribution in [0.25, 0.3) is 0 Å². The van der Waals surface area contributed by atoms with Crippen LogP contribution in [0.15, 0.2) is 0 Å². The van der Waals surface area contributed by atoms with Crippen molar-refractivity contribution in [2.45, 2.75) is 469 Å². The number of amides is 1. The molecular formula is C77H153NO5. The zero-order valence-electron chi connectivity index (χ0n) is 57.0. The van der Waals surface area contributed by atoms with Gasteiger partial charge in [-0.3, -0.25) is 9.59 Å². The molecule has 6 heteroatoms. The molecule has 0 saturated heterocycles. The minimum absolute atomic E-state index is 0.0247. The molecule has 0 aliphatic rings. The van der Waals surface area contributed by atoms with Gasteiger partial charge in [-0.2, -0.15) is 0 Å². The van der Waals surface area contributed by atoms with Crippen molar-refractivity contribution in [3.8, 4) is 0 Å². The molecular weight excluding hydrogens is 1020 g/mol. The first-order valence-corrected chi connectivity index (χ1v) is 38.8. The number of carbonyl (C=O) groups excluding carboxylic acids is 2. The highest BCUT2D eigenvalue weighted by Crippen LogP contribution is 2.20. The van der Waals surface area contributed by atoms with Gasteiger partial charge in [0.15, 0.2) is 0 Å². The quantitative estimate of drug-likeness (QED) is 0.0417. The molecule has 83 heavy (non-hydrogen) atoms. The first kappa shape index (κ1) is 81.9. The van der Waals surface area contributed by atoms with E-state index in [1.54, 1.807) is 0 Å². The lowest BCUT2D eigenvalue weighted by molar-refractivity contribution is -0.143. The predicted octanol–water partition coefficient (Wildman–Crippen LogP) is 25.3. The number of carbonyl (C=O) groups is 2. The Labute approximate surface area is 521 Å². The van der Waals surface area contributed by atoms with E-state index >= 15 is 0 Å². The first-order valence-electron chi connectivity index (χ1n) is 38.8. The molecule has 0 radical (unpaired) electrons. The van der Waals surface area contributed by atoms with Gasteiger partial charge in [0.2, 0.25) is 5.91 Å². The fourth-order valence-corrected chi connectivity index (χ4v) is 12.8. The van der Waals surface area contributed by atoms with Crippen LogP contribution in [-0.4, -0.2) is 47.4 Å². The van der Waals surface area contributed by atoms with Gasteiger partial charge in [-0.15, -0.1) is 0 Å². The zero-order valence-corrected chi connectivity index (χ0v) is 57.0. The van der Waals surface area contributed by atoms with Gasteiger partial charge in [-0.25, -0.2) is 0 Å². The first-order chi connectivity index (χ1) is 41.0. The second-order valence-corrected chi connectivity index (χ2v) is 27.1. The highest BCUT2D eigenvalue weighted by molar-refractivity contribution is 5.76. The fourth-order valence-electron chi connectivity index (χ4n) is 12.8. The number of rotatable bonds is 74. The zero-order chi connectivity index (χ0) is 59.9. The lowest BCUT2D eigenvalue weighted by Crippen LogP contribution is -2.45. The Morgan fingerprint density at radius 1 is 0.289 bits per heavy atom. The predicted molar refractivity (Wildman–Crippen MR) is 366 cm³/mol. The number of hydrogen-bond donors (Lipinski definition) is 3. The molecule has 0 aliphatic carbocycles. The molecule has 0 aromatic carbocycles. The van der Waals surface area contributed by atoms with Crippen molar-refractivity contribution in [1.82, 2.24) is 5.32 Å². The third-order valence-corrected chi connectivity index (χ3v) is 18.7. The van der Waals surface area contributed by atoms with Crippen LogP contribution in [0.5, 0.6) is 0 Å². The van der Waals surface area contributed by atoms with Crippen molar-refractivity contribution in [1.29, 1.82) is 0 Å². The number of esters is 1. The van der Waals surface area contributed by atoms with Gasteiger partial charge in [0, 0.05) is 12.8 Å². The van der Waals surface area contributed by atoms with Crippen molar-refractivity contribution in [2.24, 2.45) is 0 Å². The largest absolute Gasteiger partial charge is 0.466 e. The summed E-state index contributed by atoms with van der Waals surface area (Å²) < 4.78 is 5.50. The molecule has 0 aromatic heterocycles. The Bertz CT molecular complexity index is 1210. The standard InChI is InChI=1S/C77H153NO5/c1-3-5-7-9-11-13-15-17-19-20-36-39-42-45-49-53-57-61-65-69-75(80)74(73-79)78-76(81)70-66-62-58-54-50-46-43-40-37-34-32-30-28-26-24-22-21-23-25-27-29-31-33-35-38-41-44-48-52-56-60-64-68-72-83-77(82)71-67-63-59-55-51-47-18-16-14-12-10-8-6-4-2/h74-75,79-80H,3-73H2,1-2H3,(H,78,81). The topological polar surface area (TPSA) is 95.9 Å². The van der Waals surface area contributed by atoms with E-state index in [1.165, 1.54) is 385 Å². The number of hydrogen-bond acceptors (Lipinski definition) is 5. The van der Waals surface area contributed by atoms with Crippen molar-refractivity contribution in [3.05, 3.63) is 0 Å². The summed E-state index contributed by atoms with van der Waals surface area (Å²) in [5.41, 5.74) is 0. The minimum Gasteiger partial charge on any atom is -0.466 e. The van der Waals surface area contributed by atoms with Crippen LogP contribution in [0.1, 0.15) is 457 Å². The second kappa shape index (κ2) is 73.3. The average molecular weight is 1170 g/mol. The van der Waals surface area contributed by atoms with Crippen LogP contribution in [-0.2, 0) is 14.3 Å². The minimum atomic E-state index is -0.660. The molecule has 0 bridgehead atoms. The Morgan fingerprint density at radius 3 is 0.735 bits per heavy atom. The van der Waals surface area contributed by atoms with E-state index in [0.29, 0.717) is 25.9 Å². The van der Waals surface area contributed by atoms with Crippen molar-refractivity contribution in [2.75, 3.05) is 13.2 Å². The summed E-state index contributed by atoms with van der Waals surface area (Å²) in [6.45, 7) is 5.01. The summed E-state index contributed by atoms with van der Waals surface area (Å²) in [5, 5.41) is 23.4. The van der Waals surface area contributed by atoms with Gasteiger partial charge in [0.1, 0.15) is 0 Å². The summed E-state index contributed by atoms with van der Waals surface area (Å²) in [6, 6.07) is -0.537. The summed E-state index contributed by atoms with van der Waals surface area (Å²) in [7, 11) is 0. The number of ether oxygens (including phenoxy) is 1. The highest BCUT2D eigenvalue weighted by Gasteiger charge is 2.20. The van der Waals surface area contributed by atoms with Crippen molar-refractivity contribution in [3.63, 3.8) is 0 Å². The molecule has 0 aliphatic heterocycles. The Kier molecular flexibility index (Phi) is 72.3. The van der Waals surface area contributed by atoms with Gasteiger partial charge in [0.05, 0.1) is 25.4 Å². The number of aliphatic hydroxyl groups is 2. The maximum Gasteiger partial charge on any atom is 0.305 e. The van der Waals surface area contributed by atoms with Crippen molar-refractivity contribution < 1.29 is 24.5 Å². The SMILES string of the molecule is CCCCCCCCCCCCCCCCCCCCCC(O)C(CO)NC(=O)CCCCCCCCCCCCCCCCCCCCCCCCCCCCCCCCCCCOC(=O)CCCCCCCCCCCCCCCC. The molecule has 496 valence electrons. The van der Waals surface area contributed by atoms with Crippen LogP contribution < -0.4 is 5.32 Å². The Morgan fingerprint density at radius 2 is 0.494 bits per heavy atom. The third kappa shape index (κ3) is 69.8. The van der Waals surface area contributed by atoms with Crippen molar-refractivity contribution >= 4 is 11.9 Å². The Balaban J connectivity index is 3.30. The average Bonchev–Trinajstić information content (AvgIpc) is 3.48. The van der Waals surface area contributed by atoms with E-state index in [4.69, 9.17) is 4.74 Å². The summed E-state index contributed by atoms with van der Waals surface area (Å²) in [4.78, 5) is 24.6. The van der Waals surface area contributed by atoms with E-state index < -0.39 is 12.1 Å². The molecule has 6 nitrogen and oxygen atoms in total. The smallest absolute Gasteiger partial charge is 0.305 e. The molecule has 0 fully saturated rings. The van der Waals surface area contributed by atoms with E-state index in [9.17, 15) is 19.8 Å². The van der Waals surface area contributed by atoms with E-state index in [1.807, 2.05) is 0 Å². The molecule has 3 N–H and O–H groups in total. The number of nitrogens with one attached hydrogen (secondary N) is 1. The molecule has 0 rings (SSSR count). The monoisotopic (exact) mass is 1170 g/mol. The molecule has 0 spiro atoms. The summed E-state index contributed by atoms with van der Waals surface area (Å²) in [5.74, 6) is 0.000723. The van der Waals surface area contributed by atoms with E-state index in [2.05, 4.69) is 19.2 Å². The number of aliphatic hydroxyl groups excluding tert-OH is 2. The highest BCUT2D eigenvalue weighted by atomic mass is 16.5. The van der Waals surface area contributed by atoms with Gasteiger partial charge in [-0.05, 0) is 25.7 Å². The molecule has 0 aromatic rings. The van der Waals surface area contributed by atoms with Gasteiger partial charge < -0.3 is 20.3 Å². The maximum atomic E-state index is 12.6. The maximum absolute atomic E-state index is 12.6. The summed E-state index contributed by atoms with van der Waals surface area (Å²) in [6.07, 6.45) is 90.5. The van der Waals surface area contributed by atoms with Crippen LogP contribution in [0.3, 0.4) is 0 Å². The van der Waals surface area contributed by atoms with Gasteiger partial charge in [0.25, 0.3) is 0 Å². The van der Waals surface area contributed by atoms with Crippen LogP contribution in [0, 0.1) is 0 Å². The van der Waals surface area contributed by atoms with Gasteiger partial charge >= 0.3 is 5.97 Å². The van der Waals surface area contributed by atoms with E-state index in [0.717, 1.165) is 38.5 Å². The van der Waals surface area contributed by atoms with Crippen LogP contribution in [0.2, 0.25) is 0 Å². The number of unbranched alkanes of at least 4 members (excludes halogenated alkanes) is 63. The Hall–Kier alpha value is -1.14. The fraction of sp³-hybridized carbons (Fsp3) is 0.974. The normalized spacial score (nSPS) is 12.4. The third-order valence-electron chi connectivity index (χ3n) is 18.7. The molecule has 0 saturated carbocycles. The lowest BCUT2D eigenvalue weighted by atomic mass is 10.0. The van der Waals surface area contributed by atoms with Crippen LogP contribution in [0.4, 0.5) is 0 Å². The lowest BCUT2D eigenvalue weighted by Gasteiger charge is -2.22. The molecule has 1 amide bonds. The second-order valence-electron chi connectivity index (χ2n) is 27.1. The van der Waals surface area contributed by atoms with E-state index in [-0.39, 0.29) is 18.5 Å².